The van der Waals surface area contributed by atoms with Crippen molar-refractivity contribution < 1.29 is 33.1 Å². The van der Waals surface area contributed by atoms with Gasteiger partial charge in [0.15, 0.2) is 6.10 Å². The lowest BCUT2D eigenvalue weighted by Crippen LogP contribution is -2.53. The summed E-state index contributed by atoms with van der Waals surface area (Å²) in [6.45, 7) is 3.47. The Hall–Kier alpha value is -4.33. The largest absolute Gasteiger partial charge is 0.434 e. The molecule has 0 aliphatic carbocycles. The highest BCUT2D eigenvalue weighted by atomic mass is 32.2. The number of aliphatic hydroxyl groups is 1. The fourth-order valence-electron chi connectivity index (χ4n) is 4.68. The number of aliphatic hydroxyl groups excluding tert-OH is 1. The number of anilines is 1. The van der Waals surface area contributed by atoms with Crippen LogP contribution in [0.5, 0.6) is 0 Å². The SMILES string of the molecule is CC(C)CN(C[C@@H](O)[C@H](Cc1ccccc1)NC(=O)[C@@H]1CN(c2ccccn2)C(=O)O1)S(=O)(=O)c1ccc(/C=N/O)cc1. The van der Waals surface area contributed by atoms with Gasteiger partial charge in [-0.2, -0.15) is 4.31 Å². The van der Waals surface area contributed by atoms with Gasteiger partial charge in [-0.1, -0.05) is 67.5 Å². The fraction of sp³-hybridized carbons (Fsp3) is 0.333. The van der Waals surface area contributed by atoms with E-state index in [4.69, 9.17) is 9.94 Å². The summed E-state index contributed by atoms with van der Waals surface area (Å²) in [5.74, 6) is -0.346. The molecule has 2 heterocycles. The van der Waals surface area contributed by atoms with E-state index in [2.05, 4.69) is 15.5 Å². The van der Waals surface area contributed by atoms with Crippen LogP contribution in [0.1, 0.15) is 25.0 Å². The highest BCUT2D eigenvalue weighted by Gasteiger charge is 2.39. The quantitative estimate of drug-likeness (QED) is 0.151. The molecule has 3 atom stereocenters. The summed E-state index contributed by atoms with van der Waals surface area (Å²) in [6.07, 6.45) is -0.288. The maximum absolute atomic E-state index is 13.7. The number of oxime groups is 1. The predicted octanol–water partition coefficient (Wildman–Crippen LogP) is 2.65. The molecular weight excluding hydrogens is 574 g/mol. The number of carbonyl (C=O) groups excluding carboxylic acids is 2. The Labute approximate surface area is 250 Å². The van der Waals surface area contributed by atoms with Crippen LogP contribution in [0.3, 0.4) is 0 Å². The summed E-state index contributed by atoms with van der Waals surface area (Å²) in [5, 5.41) is 26.0. The molecule has 0 saturated carbocycles. The fourth-order valence-corrected chi connectivity index (χ4v) is 6.30. The van der Waals surface area contributed by atoms with Crippen LogP contribution >= 0.6 is 0 Å². The number of pyridine rings is 1. The molecule has 43 heavy (non-hydrogen) atoms. The van der Waals surface area contributed by atoms with Gasteiger partial charge in [-0.25, -0.2) is 18.2 Å². The smallest absolute Gasteiger partial charge is 0.416 e. The van der Waals surface area contributed by atoms with Gasteiger partial charge in [0.05, 0.1) is 29.8 Å². The lowest BCUT2D eigenvalue weighted by molar-refractivity contribution is -0.129. The zero-order valence-corrected chi connectivity index (χ0v) is 24.7. The van der Waals surface area contributed by atoms with Crippen molar-refractivity contribution >= 4 is 34.1 Å². The van der Waals surface area contributed by atoms with Gasteiger partial charge < -0.3 is 20.4 Å². The number of rotatable bonds is 13. The van der Waals surface area contributed by atoms with Crippen molar-refractivity contribution in [3.63, 3.8) is 0 Å². The summed E-state index contributed by atoms with van der Waals surface area (Å²) in [7, 11) is -4.05. The van der Waals surface area contributed by atoms with Crippen molar-refractivity contribution in [2.45, 2.75) is 43.4 Å². The van der Waals surface area contributed by atoms with Crippen LogP contribution in [0, 0.1) is 5.92 Å². The number of nitrogens with zero attached hydrogens (tertiary/aromatic N) is 4. The molecule has 4 rings (SSSR count). The Morgan fingerprint density at radius 2 is 1.81 bits per heavy atom. The van der Waals surface area contributed by atoms with Crippen molar-refractivity contribution in [3.8, 4) is 0 Å². The van der Waals surface area contributed by atoms with E-state index in [0.29, 0.717) is 11.4 Å². The molecule has 1 saturated heterocycles. The van der Waals surface area contributed by atoms with E-state index < -0.39 is 40.3 Å². The van der Waals surface area contributed by atoms with E-state index in [1.807, 2.05) is 44.2 Å². The molecule has 0 radical (unpaired) electrons. The molecule has 0 spiro atoms. The highest BCUT2D eigenvalue weighted by Crippen LogP contribution is 2.22. The maximum Gasteiger partial charge on any atom is 0.416 e. The topological polar surface area (TPSA) is 162 Å². The highest BCUT2D eigenvalue weighted by molar-refractivity contribution is 7.89. The van der Waals surface area contributed by atoms with Crippen molar-refractivity contribution in [1.29, 1.82) is 0 Å². The summed E-state index contributed by atoms with van der Waals surface area (Å²) in [6, 6.07) is 19.1. The van der Waals surface area contributed by atoms with Crippen molar-refractivity contribution in [3.05, 3.63) is 90.1 Å². The maximum atomic E-state index is 13.7. The van der Waals surface area contributed by atoms with Gasteiger partial charge in [-0.3, -0.25) is 9.69 Å². The Morgan fingerprint density at radius 1 is 1.12 bits per heavy atom. The van der Waals surface area contributed by atoms with Crippen LogP contribution in [0.15, 0.2) is 89.0 Å². The molecule has 13 heteroatoms. The molecule has 1 aliphatic rings. The molecule has 1 aliphatic heterocycles. The summed E-state index contributed by atoms with van der Waals surface area (Å²) in [5.41, 5.74) is 1.32. The number of hydrogen-bond acceptors (Lipinski definition) is 9. The zero-order chi connectivity index (χ0) is 31.0. The van der Waals surface area contributed by atoms with Gasteiger partial charge in [0.1, 0.15) is 5.82 Å². The number of aromatic nitrogens is 1. The number of cyclic esters (lactones) is 1. The molecule has 2 aromatic carbocycles. The third-order valence-corrected chi connectivity index (χ3v) is 8.65. The second kappa shape index (κ2) is 14.2. The van der Waals surface area contributed by atoms with E-state index >= 15 is 0 Å². The monoisotopic (exact) mass is 609 g/mol. The first kappa shape index (κ1) is 31.6. The normalized spacial score (nSPS) is 16.9. The molecule has 12 nitrogen and oxygen atoms in total. The van der Waals surface area contributed by atoms with Crippen molar-refractivity contribution in [2.75, 3.05) is 24.5 Å². The Balaban J connectivity index is 1.55. The third-order valence-electron chi connectivity index (χ3n) is 6.80. The van der Waals surface area contributed by atoms with Crippen LogP contribution in [0.2, 0.25) is 0 Å². The second-order valence-electron chi connectivity index (χ2n) is 10.6. The minimum Gasteiger partial charge on any atom is -0.434 e. The lowest BCUT2D eigenvalue weighted by Gasteiger charge is -2.31. The minimum atomic E-state index is -4.05. The first-order valence-electron chi connectivity index (χ1n) is 13.8. The summed E-state index contributed by atoms with van der Waals surface area (Å²) in [4.78, 5) is 31.2. The van der Waals surface area contributed by atoms with Crippen LogP contribution in [-0.2, 0) is 26.0 Å². The standard InChI is InChI=1S/C30H35N5O7S/c1-21(2)18-34(43(40,41)24-13-11-23(12-14-24)17-32-39)19-26(36)25(16-22-8-4-3-5-9-22)33-29(37)27-20-35(30(38)42-27)28-10-6-7-15-31-28/h3-15,17,21,25-27,36,39H,16,18-20H2,1-2H3,(H,33,37)/b32-17+/t25-,26+,27-/m0/s1. The number of carbonyl (C=O) groups is 2. The number of sulfonamides is 1. The van der Waals surface area contributed by atoms with Gasteiger partial charge >= 0.3 is 6.09 Å². The van der Waals surface area contributed by atoms with E-state index in [1.54, 1.807) is 18.2 Å². The molecule has 0 unspecified atom stereocenters. The molecule has 3 aromatic rings. The molecule has 2 amide bonds. The number of nitrogens with one attached hydrogen (secondary N) is 1. The molecule has 0 bridgehead atoms. The minimum absolute atomic E-state index is 0.00608. The van der Waals surface area contributed by atoms with Crippen LogP contribution in [-0.4, -0.2) is 84.1 Å². The van der Waals surface area contributed by atoms with Gasteiger partial charge in [-0.05, 0) is 47.7 Å². The van der Waals surface area contributed by atoms with E-state index in [9.17, 15) is 23.1 Å². The molecule has 228 valence electrons. The number of hydrogen-bond donors (Lipinski definition) is 3. The Kier molecular flexibility index (Phi) is 10.5. The van der Waals surface area contributed by atoms with Crippen LogP contribution in [0.25, 0.3) is 0 Å². The second-order valence-corrected chi connectivity index (χ2v) is 12.5. The molecule has 3 N–H and O–H groups in total. The van der Waals surface area contributed by atoms with E-state index in [-0.39, 0.29) is 36.9 Å². The zero-order valence-electron chi connectivity index (χ0n) is 23.9. The summed E-state index contributed by atoms with van der Waals surface area (Å²) >= 11 is 0. The number of benzene rings is 2. The van der Waals surface area contributed by atoms with Crippen molar-refractivity contribution in [1.82, 2.24) is 14.6 Å². The van der Waals surface area contributed by atoms with Gasteiger partial charge in [0, 0.05) is 19.3 Å². The van der Waals surface area contributed by atoms with Gasteiger partial charge in [-0.15, -0.1) is 0 Å². The molecular formula is C30H35N5O7S. The van der Waals surface area contributed by atoms with Crippen molar-refractivity contribution in [2.24, 2.45) is 11.1 Å². The number of ether oxygens (including phenoxy) is 1. The first-order valence-corrected chi connectivity index (χ1v) is 15.2. The average Bonchev–Trinajstić information content (AvgIpc) is 3.39. The van der Waals surface area contributed by atoms with E-state index in [1.165, 1.54) is 45.9 Å². The molecule has 1 fully saturated rings. The third kappa shape index (κ3) is 8.15. The molecule has 1 aromatic heterocycles. The predicted molar refractivity (Wildman–Crippen MR) is 159 cm³/mol. The Bertz CT molecular complexity index is 1500. The lowest BCUT2D eigenvalue weighted by atomic mass is 10.0. The number of amides is 2. The Morgan fingerprint density at radius 3 is 2.44 bits per heavy atom. The van der Waals surface area contributed by atoms with E-state index in [0.717, 1.165) is 5.56 Å². The average molecular weight is 610 g/mol. The summed E-state index contributed by atoms with van der Waals surface area (Å²) < 4.78 is 33.8. The van der Waals surface area contributed by atoms with Gasteiger partial charge in [0.2, 0.25) is 10.0 Å². The van der Waals surface area contributed by atoms with Gasteiger partial charge in [0.25, 0.3) is 5.91 Å². The van der Waals surface area contributed by atoms with Crippen LogP contribution in [0.4, 0.5) is 10.6 Å². The van der Waals surface area contributed by atoms with Crippen LogP contribution < -0.4 is 10.2 Å². The first-order chi connectivity index (χ1) is 20.6.